The Morgan fingerprint density at radius 1 is 1.14 bits per heavy atom. The van der Waals surface area contributed by atoms with E-state index in [2.05, 4.69) is 31.3 Å². The molecular formula is C23H35ClN2O3. The van der Waals surface area contributed by atoms with Crippen LogP contribution in [0.25, 0.3) is 0 Å². The van der Waals surface area contributed by atoms with E-state index in [0.29, 0.717) is 19.0 Å². The number of aliphatic hydroxyl groups excluding tert-OH is 1. The number of nitrogens with one attached hydrogen (secondary N) is 1. The minimum atomic E-state index is -1.11. The molecule has 1 saturated heterocycles. The van der Waals surface area contributed by atoms with Gasteiger partial charge in [-0.2, -0.15) is 0 Å². The lowest BCUT2D eigenvalue weighted by Gasteiger charge is -2.45. The van der Waals surface area contributed by atoms with E-state index in [1.807, 2.05) is 30.9 Å². The first-order valence-corrected chi connectivity index (χ1v) is 10.8. The van der Waals surface area contributed by atoms with E-state index < -0.39 is 18.1 Å². The first-order chi connectivity index (χ1) is 13.4. The maximum absolute atomic E-state index is 13.3. The van der Waals surface area contributed by atoms with E-state index in [-0.39, 0.29) is 23.2 Å². The molecule has 0 bridgehead atoms. The minimum absolute atomic E-state index is 0.0667. The summed E-state index contributed by atoms with van der Waals surface area (Å²) in [5, 5.41) is 13.5. The molecule has 1 aliphatic rings. The van der Waals surface area contributed by atoms with Crippen LogP contribution in [0.2, 0.25) is 5.02 Å². The van der Waals surface area contributed by atoms with Crippen molar-refractivity contribution in [3.05, 3.63) is 34.9 Å². The second kappa shape index (κ2) is 9.48. The molecule has 1 fully saturated rings. The minimum Gasteiger partial charge on any atom is -0.383 e. The second-order valence-corrected chi connectivity index (χ2v) is 10.00. The molecule has 0 spiro atoms. The molecule has 0 saturated carbocycles. The molecule has 1 aromatic carbocycles. The Kier molecular flexibility index (Phi) is 7.74. The van der Waals surface area contributed by atoms with E-state index in [1.165, 1.54) is 5.56 Å². The van der Waals surface area contributed by atoms with E-state index in [9.17, 15) is 14.7 Å². The van der Waals surface area contributed by atoms with Crippen LogP contribution in [-0.2, 0) is 9.59 Å². The normalized spacial score (nSPS) is 21.2. The highest BCUT2D eigenvalue weighted by molar-refractivity contribution is 6.30. The molecule has 2 N–H and O–H groups in total. The molecule has 0 aromatic heterocycles. The van der Waals surface area contributed by atoms with Crippen molar-refractivity contribution < 1.29 is 14.7 Å². The standard InChI is InChI=1S/C23H35ClN2O3/c1-14(2)19(25-21(28)20(27)15(3)4)22(29)26-12-11-18(23(5,6)13-26)16-7-9-17(24)10-8-16/h7-10,14-15,18-20,27H,11-13H2,1-6H3,(H,25,28)/t18-,19-,20?/m1/s1. The third kappa shape index (κ3) is 5.73. The van der Waals surface area contributed by atoms with Crippen LogP contribution in [0, 0.1) is 17.3 Å². The quantitative estimate of drug-likeness (QED) is 0.731. The van der Waals surface area contributed by atoms with Crippen LogP contribution in [0.4, 0.5) is 0 Å². The van der Waals surface area contributed by atoms with Crippen LogP contribution in [0.1, 0.15) is 59.4 Å². The number of hydrogen-bond acceptors (Lipinski definition) is 3. The molecule has 1 unspecified atom stereocenters. The maximum Gasteiger partial charge on any atom is 0.249 e. The SMILES string of the molecule is CC(C)C(O)C(=O)N[C@@H](C(=O)N1CC[C@H](c2ccc(Cl)cc2)C(C)(C)C1)C(C)C. The van der Waals surface area contributed by atoms with E-state index >= 15 is 0 Å². The van der Waals surface area contributed by atoms with Crippen LogP contribution >= 0.6 is 11.6 Å². The molecule has 29 heavy (non-hydrogen) atoms. The van der Waals surface area contributed by atoms with Gasteiger partial charge in [0.05, 0.1) is 0 Å². The van der Waals surface area contributed by atoms with Crippen molar-refractivity contribution in [1.82, 2.24) is 10.2 Å². The number of rotatable bonds is 6. The Balaban J connectivity index is 2.12. The molecular weight excluding hydrogens is 388 g/mol. The van der Waals surface area contributed by atoms with Gasteiger partial charge in [0, 0.05) is 18.1 Å². The maximum atomic E-state index is 13.3. The van der Waals surface area contributed by atoms with Gasteiger partial charge >= 0.3 is 0 Å². The van der Waals surface area contributed by atoms with Crippen LogP contribution in [0.15, 0.2) is 24.3 Å². The second-order valence-electron chi connectivity index (χ2n) is 9.56. The average Bonchev–Trinajstić information content (AvgIpc) is 2.64. The van der Waals surface area contributed by atoms with Crippen molar-refractivity contribution in [3.8, 4) is 0 Å². The summed E-state index contributed by atoms with van der Waals surface area (Å²) in [7, 11) is 0. The van der Waals surface area contributed by atoms with Crippen molar-refractivity contribution in [2.24, 2.45) is 17.3 Å². The van der Waals surface area contributed by atoms with Crippen LogP contribution in [-0.4, -0.2) is 47.1 Å². The lowest BCUT2D eigenvalue weighted by atomic mass is 9.70. The summed E-state index contributed by atoms with van der Waals surface area (Å²) >= 11 is 6.03. The molecule has 162 valence electrons. The van der Waals surface area contributed by atoms with Crippen LogP contribution in [0.5, 0.6) is 0 Å². The molecule has 1 heterocycles. The zero-order valence-electron chi connectivity index (χ0n) is 18.4. The van der Waals surface area contributed by atoms with E-state index in [0.717, 1.165) is 11.4 Å². The van der Waals surface area contributed by atoms with Gasteiger partial charge in [-0.05, 0) is 47.3 Å². The lowest BCUT2D eigenvalue weighted by Crippen LogP contribution is -2.57. The summed E-state index contributed by atoms with van der Waals surface area (Å²) in [6.07, 6.45) is -0.260. The first kappa shape index (κ1) is 23.7. The number of hydrogen-bond donors (Lipinski definition) is 2. The number of halogens is 1. The zero-order chi connectivity index (χ0) is 21.9. The summed E-state index contributed by atoms with van der Waals surface area (Å²) in [5.74, 6) is -0.497. The van der Waals surface area contributed by atoms with Crippen LogP contribution in [0.3, 0.4) is 0 Å². The number of benzene rings is 1. The highest BCUT2D eigenvalue weighted by atomic mass is 35.5. The Hall–Kier alpha value is -1.59. The third-order valence-corrected chi connectivity index (χ3v) is 6.20. The third-order valence-electron chi connectivity index (χ3n) is 5.94. The number of amides is 2. The molecule has 1 aromatic rings. The van der Waals surface area contributed by atoms with Gasteiger partial charge in [-0.15, -0.1) is 0 Å². The van der Waals surface area contributed by atoms with E-state index in [1.54, 1.807) is 13.8 Å². The largest absolute Gasteiger partial charge is 0.383 e. The highest BCUT2D eigenvalue weighted by Crippen LogP contribution is 2.42. The number of carbonyl (C=O) groups excluding carboxylic acids is 2. The number of carbonyl (C=O) groups is 2. The summed E-state index contributed by atoms with van der Waals surface area (Å²) in [6, 6.07) is 7.32. The fourth-order valence-electron chi connectivity index (χ4n) is 4.11. The number of aliphatic hydroxyl groups is 1. The molecule has 0 aliphatic carbocycles. The fourth-order valence-corrected chi connectivity index (χ4v) is 4.24. The predicted octanol–water partition coefficient (Wildman–Crippen LogP) is 3.84. The fraction of sp³-hybridized carbons (Fsp3) is 0.652. The molecule has 6 heteroatoms. The Morgan fingerprint density at radius 2 is 1.72 bits per heavy atom. The van der Waals surface area contributed by atoms with Gasteiger partial charge in [-0.1, -0.05) is 65.3 Å². The smallest absolute Gasteiger partial charge is 0.249 e. The summed E-state index contributed by atoms with van der Waals surface area (Å²) < 4.78 is 0. The summed E-state index contributed by atoms with van der Waals surface area (Å²) in [4.78, 5) is 27.5. The summed E-state index contributed by atoms with van der Waals surface area (Å²) in [5.41, 5.74) is 1.13. The van der Waals surface area contributed by atoms with Crippen molar-refractivity contribution in [3.63, 3.8) is 0 Å². The summed E-state index contributed by atoms with van der Waals surface area (Å²) in [6.45, 7) is 13.0. The number of piperidine rings is 1. The first-order valence-electron chi connectivity index (χ1n) is 10.5. The van der Waals surface area contributed by atoms with Gasteiger partial charge < -0.3 is 15.3 Å². The lowest BCUT2D eigenvalue weighted by molar-refractivity contribution is -0.143. The van der Waals surface area contributed by atoms with Gasteiger partial charge in [-0.25, -0.2) is 0 Å². The molecule has 2 amide bonds. The Labute approximate surface area is 179 Å². The van der Waals surface area contributed by atoms with Gasteiger partial charge in [0.2, 0.25) is 11.8 Å². The highest BCUT2D eigenvalue weighted by Gasteiger charge is 2.40. The zero-order valence-corrected chi connectivity index (χ0v) is 19.2. The Morgan fingerprint density at radius 3 is 2.21 bits per heavy atom. The van der Waals surface area contributed by atoms with Crippen molar-refractivity contribution in [2.75, 3.05) is 13.1 Å². The molecule has 3 atom stereocenters. The number of nitrogens with zero attached hydrogens (tertiary/aromatic N) is 1. The van der Waals surface area contributed by atoms with Gasteiger partial charge in [0.25, 0.3) is 0 Å². The Bertz CT molecular complexity index is 715. The number of likely N-dealkylation sites (tertiary alicyclic amines) is 1. The molecule has 5 nitrogen and oxygen atoms in total. The van der Waals surface area contributed by atoms with Gasteiger partial charge in [0.1, 0.15) is 12.1 Å². The molecule has 1 aliphatic heterocycles. The van der Waals surface area contributed by atoms with Gasteiger partial charge in [0.15, 0.2) is 0 Å². The average molecular weight is 423 g/mol. The molecule has 2 rings (SSSR count). The van der Waals surface area contributed by atoms with Crippen molar-refractivity contribution >= 4 is 23.4 Å². The molecule has 0 radical (unpaired) electrons. The van der Waals surface area contributed by atoms with Crippen LogP contribution < -0.4 is 5.32 Å². The van der Waals surface area contributed by atoms with Gasteiger partial charge in [-0.3, -0.25) is 9.59 Å². The van der Waals surface area contributed by atoms with Crippen molar-refractivity contribution in [1.29, 1.82) is 0 Å². The monoisotopic (exact) mass is 422 g/mol. The predicted molar refractivity (Wildman–Crippen MR) is 117 cm³/mol. The topological polar surface area (TPSA) is 69.6 Å². The van der Waals surface area contributed by atoms with Crippen molar-refractivity contribution in [2.45, 2.75) is 66.0 Å². The van der Waals surface area contributed by atoms with E-state index in [4.69, 9.17) is 11.6 Å².